The Balaban J connectivity index is 1.17. The quantitative estimate of drug-likeness (QED) is 0.270. The van der Waals surface area contributed by atoms with E-state index in [-0.39, 0.29) is 25.8 Å². The van der Waals surface area contributed by atoms with E-state index in [0.29, 0.717) is 17.9 Å². The number of ketones is 1. The summed E-state index contributed by atoms with van der Waals surface area (Å²) in [6, 6.07) is 21.1. The number of fused-ring (bicyclic) bond motifs is 2. The lowest BCUT2D eigenvalue weighted by Gasteiger charge is -2.11. The summed E-state index contributed by atoms with van der Waals surface area (Å²) in [6.45, 7) is 4.03. The van der Waals surface area contributed by atoms with E-state index in [2.05, 4.69) is 4.57 Å². The molecule has 0 atom stereocenters. The van der Waals surface area contributed by atoms with Gasteiger partial charge in [-0.05, 0) is 60.5 Å². The summed E-state index contributed by atoms with van der Waals surface area (Å²) < 4.78 is 23.6. The number of Topliss-reactive ketones (excluding diaryl/α,β-unsaturated/α-hetero) is 1. The average molecular weight is 472 g/mol. The number of rotatable bonds is 8. The number of nitrogens with zero attached hydrogens (tertiary/aromatic N) is 1. The van der Waals surface area contributed by atoms with Crippen molar-refractivity contribution < 1.29 is 28.5 Å². The Morgan fingerprint density at radius 1 is 0.886 bits per heavy atom. The SMILES string of the molecule is Cc1cc(C(=O)COC(=O)COc2ccc3ccccc3c2)c(C)n1Cc1ccc2c(c1)OCO2. The van der Waals surface area contributed by atoms with E-state index >= 15 is 0 Å². The van der Waals surface area contributed by atoms with Crippen LogP contribution < -0.4 is 14.2 Å². The Hall–Kier alpha value is -4.26. The van der Waals surface area contributed by atoms with E-state index in [1.807, 2.05) is 74.5 Å². The van der Waals surface area contributed by atoms with Crippen LogP contribution in [-0.2, 0) is 16.1 Å². The molecule has 7 heteroatoms. The molecule has 3 aromatic carbocycles. The first kappa shape index (κ1) is 22.5. The molecule has 0 aliphatic carbocycles. The number of benzene rings is 3. The van der Waals surface area contributed by atoms with Gasteiger partial charge in [-0.25, -0.2) is 4.79 Å². The summed E-state index contributed by atoms with van der Waals surface area (Å²) in [5, 5.41) is 2.11. The van der Waals surface area contributed by atoms with Crippen LogP contribution in [-0.4, -0.2) is 36.3 Å². The first-order valence-electron chi connectivity index (χ1n) is 11.3. The summed E-state index contributed by atoms with van der Waals surface area (Å²) in [5.74, 6) is 1.17. The zero-order valence-electron chi connectivity index (χ0n) is 19.6. The van der Waals surface area contributed by atoms with E-state index in [9.17, 15) is 9.59 Å². The van der Waals surface area contributed by atoms with Crippen LogP contribution in [0.5, 0.6) is 17.2 Å². The smallest absolute Gasteiger partial charge is 0.344 e. The molecule has 0 unspecified atom stereocenters. The fourth-order valence-electron chi connectivity index (χ4n) is 4.21. The molecule has 2 heterocycles. The molecule has 5 rings (SSSR count). The molecule has 1 aliphatic heterocycles. The predicted molar refractivity (Wildman–Crippen MR) is 130 cm³/mol. The van der Waals surface area contributed by atoms with Crippen LogP contribution >= 0.6 is 0 Å². The molecule has 1 aromatic heterocycles. The minimum atomic E-state index is -0.597. The van der Waals surface area contributed by atoms with E-state index < -0.39 is 5.97 Å². The first-order valence-corrected chi connectivity index (χ1v) is 11.3. The van der Waals surface area contributed by atoms with Crippen LogP contribution in [0.15, 0.2) is 66.7 Å². The minimum Gasteiger partial charge on any atom is -0.482 e. The van der Waals surface area contributed by atoms with E-state index in [1.165, 1.54) is 0 Å². The van der Waals surface area contributed by atoms with Gasteiger partial charge in [-0.1, -0.05) is 36.4 Å². The molecule has 0 saturated carbocycles. The Morgan fingerprint density at radius 3 is 2.54 bits per heavy atom. The zero-order valence-corrected chi connectivity index (χ0v) is 19.6. The molecule has 178 valence electrons. The number of aromatic nitrogens is 1. The molecule has 0 bridgehead atoms. The molecular formula is C28H25NO6. The zero-order chi connectivity index (χ0) is 24.4. The van der Waals surface area contributed by atoms with Crippen molar-refractivity contribution in [3.63, 3.8) is 0 Å². The molecule has 0 fully saturated rings. The van der Waals surface area contributed by atoms with Crippen LogP contribution in [0.25, 0.3) is 10.8 Å². The van der Waals surface area contributed by atoms with Gasteiger partial charge in [-0.2, -0.15) is 0 Å². The maximum Gasteiger partial charge on any atom is 0.344 e. The number of hydrogen-bond acceptors (Lipinski definition) is 6. The highest BCUT2D eigenvalue weighted by atomic mass is 16.7. The van der Waals surface area contributed by atoms with Crippen LogP contribution in [0.2, 0.25) is 0 Å². The Labute approximate surface area is 202 Å². The summed E-state index contributed by atoms with van der Waals surface area (Å²) in [6.07, 6.45) is 0. The summed E-state index contributed by atoms with van der Waals surface area (Å²) in [7, 11) is 0. The Bertz CT molecular complexity index is 1420. The molecule has 7 nitrogen and oxygen atoms in total. The highest BCUT2D eigenvalue weighted by Crippen LogP contribution is 2.33. The molecule has 0 amide bonds. The van der Waals surface area contributed by atoms with Crippen molar-refractivity contribution in [1.29, 1.82) is 0 Å². The molecule has 1 aliphatic rings. The molecule has 4 aromatic rings. The van der Waals surface area contributed by atoms with Crippen molar-refractivity contribution >= 4 is 22.5 Å². The fraction of sp³-hybridized carbons (Fsp3) is 0.214. The molecule has 0 N–H and O–H groups in total. The van der Waals surface area contributed by atoms with Crippen LogP contribution in [0.4, 0.5) is 0 Å². The monoisotopic (exact) mass is 471 g/mol. The fourth-order valence-corrected chi connectivity index (χ4v) is 4.21. The van der Waals surface area contributed by atoms with Gasteiger partial charge in [0, 0.05) is 23.5 Å². The first-order chi connectivity index (χ1) is 17.0. The largest absolute Gasteiger partial charge is 0.482 e. The normalized spacial score (nSPS) is 12.1. The van der Waals surface area contributed by atoms with Gasteiger partial charge in [0.05, 0.1) is 0 Å². The Morgan fingerprint density at radius 2 is 1.69 bits per heavy atom. The van der Waals surface area contributed by atoms with Crippen LogP contribution in [0.3, 0.4) is 0 Å². The molecular weight excluding hydrogens is 446 g/mol. The third-order valence-electron chi connectivity index (χ3n) is 6.09. The maximum atomic E-state index is 12.8. The maximum absolute atomic E-state index is 12.8. The number of ether oxygens (including phenoxy) is 4. The minimum absolute atomic E-state index is 0.227. The van der Waals surface area contributed by atoms with Gasteiger partial charge in [-0.15, -0.1) is 0 Å². The molecule has 0 radical (unpaired) electrons. The summed E-state index contributed by atoms with van der Waals surface area (Å²) >= 11 is 0. The second kappa shape index (κ2) is 9.54. The van der Waals surface area contributed by atoms with Gasteiger partial charge in [-0.3, -0.25) is 4.79 Å². The van der Waals surface area contributed by atoms with Crippen molar-refractivity contribution in [2.75, 3.05) is 20.0 Å². The van der Waals surface area contributed by atoms with Crippen molar-refractivity contribution in [3.8, 4) is 17.2 Å². The highest BCUT2D eigenvalue weighted by molar-refractivity contribution is 5.99. The van der Waals surface area contributed by atoms with Gasteiger partial charge < -0.3 is 23.5 Å². The van der Waals surface area contributed by atoms with E-state index in [0.717, 1.165) is 39.2 Å². The number of aryl methyl sites for hydroxylation is 1. The number of carbonyl (C=O) groups is 2. The van der Waals surface area contributed by atoms with Crippen molar-refractivity contribution in [3.05, 3.63) is 89.2 Å². The number of esters is 1. The summed E-state index contributed by atoms with van der Waals surface area (Å²) in [4.78, 5) is 25.0. The predicted octanol–water partition coefficient (Wildman–Crippen LogP) is 4.84. The van der Waals surface area contributed by atoms with Crippen molar-refractivity contribution in [2.45, 2.75) is 20.4 Å². The van der Waals surface area contributed by atoms with Gasteiger partial charge in [0.1, 0.15) is 5.75 Å². The second-order valence-electron chi connectivity index (χ2n) is 8.44. The third-order valence-corrected chi connectivity index (χ3v) is 6.09. The molecule has 0 saturated heterocycles. The van der Waals surface area contributed by atoms with Gasteiger partial charge in [0.15, 0.2) is 24.7 Å². The number of carbonyl (C=O) groups excluding carboxylic acids is 2. The lowest BCUT2D eigenvalue weighted by Crippen LogP contribution is -2.20. The second-order valence-corrected chi connectivity index (χ2v) is 8.44. The van der Waals surface area contributed by atoms with Crippen LogP contribution in [0, 0.1) is 13.8 Å². The standard InChI is InChI=1S/C28H25NO6/c1-18-11-24(19(2)29(18)14-20-7-10-26-27(12-20)35-17-34-26)25(30)15-33-28(31)16-32-23-9-8-21-5-3-4-6-22(21)13-23/h3-13H,14-17H2,1-2H3. The third kappa shape index (κ3) is 4.84. The Kier molecular flexibility index (Phi) is 6.14. The van der Waals surface area contributed by atoms with E-state index in [4.69, 9.17) is 18.9 Å². The summed E-state index contributed by atoms with van der Waals surface area (Å²) in [5.41, 5.74) is 3.32. The molecule has 0 spiro atoms. The average Bonchev–Trinajstić information content (AvgIpc) is 3.45. The van der Waals surface area contributed by atoms with Crippen molar-refractivity contribution in [1.82, 2.24) is 4.57 Å². The van der Waals surface area contributed by atoms with Crippen LogP contribution in [0.1, 0.15) is 27.3 Å². The highest BCUT2D eigenvalue weighted by Gasteiger charge is 2.19. The lowest BCUT2D eigenvalue weighted by atomic mass is 10.1. The number of hydrogen-bond donors (Lipinski definition) is 0. The molecule has 35 heavy (non-hydrogen) atoms. The topological polar surface area (TPSA) is 76.0 Å². The van der Waals surface area contributed by atoms with Gasteiger partial charge in [0.25, 0.3) is 0 Å². The van der Waals surface area contributed by atoms with Crippen molar-refractivity contribution in [2.24, 2.45) is 0 Å². The van der Waals surface area contributed by atoms with Gasteiger partial charge in [0.2, 0.25) is 12.6 Å². The van der Waals surface area contributed by atoms with E-state index in [1.54, 1.807) is 6.07 Å². The lowest BCUT2D eigenvalue weighted by molar-refractivity contribution is -0.144. The van der Waals surface area contributed by atoms with Gasteiger partial charge >= 0.3 is 5.97 Å².